The largest absolute Gasteiger partial charge is 0.412 e. The minimum absolute atomic E-state index is 0. The molecule has 359 valence electrons. The summed E-state index contributed by atoms with van der Waals surface area (Å²) in [7, 11) is 0.119. The minimum atomic E-state index is -3.89. The molecule has 6 rings (SSSR count). The van der Waals surface area contributed by atoms with Crippen molar-refractivity contribution in [1.29, 1.82) is 0 Å². The monoisotopic (exact) mass is 1190 g/mol. The first-order valence-electron chi connectivity index (χ1n) is 19.7. The number of nitro benzene ring substituents is 2. The molecule has 0 spiro atoms. The molecule has 0 saturated carbocycles. The smallest absolute Gasteiger partial charge is 0.270 e. The number of nitrogen functional groups attached to an aromatic ring is 1. The van der Waals surface area contributed by atoms with Crippen molar-refractivity contribution in [3.8, 4) is 0 Å². The number of non-ortho nitro benzene ring substituents is 2. The molecule has 64 heavy (non-hydrogen) atoms. The second-order valence-electron chi connectivity index (χ2n) is 14.9. The number of aliphatic hydroxyl groups is 1. The summed E-state index contributed by atoms with van der Waals surface area (Å²) in [6.07, 6.45) is 5.53. The van der Waals surface area contributed by atoms with E-state index in [0.29, 0.717) is 11.7 Å². The van der Waals surface area contributed by atoms with Crippen molar-refractivity contribution in [3.05, 3.63) is 93.0 Å². The number of benzene rings is 3. The Balaban J connectivity index is 0.000000832. The van der Waals surface area contributed by atoms with Crippen LogP contribution in [0.3, 0.4) is 0 Å². The summed E-state index contributed by atoms with van der Waals surface area (Å²) in [5.41, 5.74) is 11.2. The van der Waals surface area contributed by atoms with Crippen LogP contribution in [0.4, 0.5) is 17.1 Å². The molecule has 0 atom stereocenters. The molecule has 0 bridgehead atoms. The Hall–Kier alpha value is -2.48. The van der Waals surface area contributed by atoms with Crippen LogP contribution in [0.25, 0.3) is 0 Å². The molecule has 3 saturated heterocycles. The van der Waals surface area contributed by atoms with Crippen LogP contribution in [0.1, 0.15) is 45.4 Å². The van der Waals surface area contributed by atoms with Crippen LogP contribution in [-0.2, 0) is 29.1 Å². The Kier molecular flexibility index (Phi) is 28.9. The molecule has 3 heterocycles. The van der Waals surface area contributed by atoms with Gasteiger partial charge >= 0.3 is 0 Å². The fourth-order valence-electron chi connectivity index (χ4n) is 6.05. The first-order valence-corrected chi connectivity index (χ1v) is 25.0. The first-order chi connectivity index (χ1) is 29.0. The fraction of sp³-hybridized carbons (Fsp3) is 0.526. The zero-order valence-corrected chi connectivity index (χ0v) is 44.4. The number of nitrogens with one attached hydrogen (secondary N) is 2. The normalized spacial score (nSPS) is 16.8. The Morgan fingerprint density at radius 2 is 0.969 bits per heavy atom. The summed E-state index contributed by atoms with van der Waals surface area (Å²) in [5.74, 6) is 0. The Morgan fingerprint density at radius 3 is 1.30 bits per heavy atom. The van der Waals surface area contributed by atoms with Gasteiger partial charge in [0.15, 0.2) is 0 Å². The molecule has 21 nitrogen and oxygen atoms in total. The number of anilines is 1. The Bertz CT molecular complexity index is 2200. The second kappa shape index (κ2) is 30.0. The van der Waals surface area contributed by atoms with E-state index in [9.17, 15) is 45.5 Å². The molecule has 0 aromatic heterocycles. The Morgan fingerprint density at radius 1 is 0.656 bits per heavy atom. The van der Waals surface area contributed by atoms with Gasteiger partial charge in [-0.2, -0.15) is 0 Å². The van der Waals surface area contributed by atoms with E-state index in [1.807, 2.05) is 14.1 Å². The van der Waals surface area contributed by atoms with E-state index in [4.69, 9.17) is 27.3 Å². The maximum absolute atomic E-state index is 12.2. The molecule has 0 unspecified atom stereocenters. The number of rotatable bonds is 9. The maximum Gasteiger partial charge on any atom is 0.270 e. The zero-order chi connectivity index (χ0) is 46.7. The summed E-state index contributed by atoms with van der Waals surface area (Å²) in [6, 6.07) is 16.4. The van der Waals surface area contributed by atoms with Gasteiger partial charge < -0.3 is 36.7 Å². The zero-order valence-electron chi connectivity index (χ0n) is 36.5. The van der Waals surface area contributed by atoms with E-state index in [-0.39, 0.29) is 94.3 Å². The van der Waals surface area contributed by atoms with E-state index < -0.39 is 38.9 Å². The van der Waals surface area contributed by atoms with Gasteiger partial charge in [0.05, 0.1) is 24.5 Å². The van der Waals surface area contributed by atoms with Crippen LogP contribution < -0.4 is 20.9 Å². The number of sulfonamides is 2. The van der Waals surface area contributed by atoms with Crippen LogP contribution in [-0.4, -0.2) is 146 Å². The maximum atomic E-state index is 12.2. The molecule has 1 radical (unpaired) electrons. The van der Waals surface area contributed by atoms with Crippen molar-refractivity contribution in [2.45, 2.75) is 78.3 Å². The third kappa shape index (κ3) is 23.3. The van der Waals surface area contributed by atoms with Crippen molar-refractivity contribution < 1.29 is 89.7 Å². The second-order valence-corrected chi connectivity index (χ2v) is 20.9. The van der Waals surface area contributed by atoms with Gasteiger partial charge in [0.25, 0.3) is 20.4 Å². The van der Waals surface area contributed by atoms with E-state index in [0.717, 1.165) is 64.0 Å². The van der Waals surface area contributed by atoms with Crippen molar-refractivity contribution in [1.82, 2.24) is 24.1 Å². The molecular weight excluding hydrogens is 1130 g/mol. The number of piperidine rings is 3. The van der Waals surface area contributed by atoms with Crippen LogP contribution in [0, 0.1) is 64.3 Å². The van der Waals surface area contributed by atoms with E-state index >= 15 is 0 Å². The number of nitro groups is 2. The summed E-state index contributed by atoms with van der Waals surface area (Å²) in [4.78, 5) is 26.2. The standard InChI is InChI=1S/C12H17N3O4S.C12H19N3O2S.C6H4ClNO4S.C6H14N2.C2H6O.Ac.H2O/c1-14-7-5-10(6-8-14)13-20(18,19)12-4-2-3-11(9-12)15(16)17;1-15-7-5-11(6-8-15)14-18(16,17)12-4-2-3-10(13)9-12;7-13(11,12)6-3-1-2-5(4-6)8(9)10;1-8-4-2-6(7)3-5-8;1-2-3;;/h2-4,9-10,13H,5-8H2,1H3;2-4,9,11,14H,5-8,13H2,1H3;1-4H;6H,2-5,7H2,1H3;3H,2H2,1H3;;1H2. The van der Waals surface area contributed by atoms with Crippen molar-refractivity contribution >= 4 is 56.8 Å². The van der Waals surface area contributed by atoms with Crippen LogP contribution in [0.5, 0.6) is 0 Å². The molecule has 0 amide bonds. The van der Waals surface area contributed by atoms with Gasteiger partial charge in [-0.1, -0.05) is 18.2 Å². The molecule has 3 aliphatic heterocycles. The predicted molar refractivity (Wildman–Crippen MR) is 243 cm³/mol. The van der Waals surface area contributed by atoms with Gasteiger partial charge in [0.1, 0.15) is 0 Å². The van der Waals surface area contributed by atoms with Crippen LogP contribution >= 0.6 is 10.7 Å². The molecule has 26 heteroatoms. The number of likely N-dealkylation sites (tertiary alicyclic amines) is 3. The fourth-order valence-corrected chi connectivity index (χ4v) is 9.55. The molecule has 3 fully saturated rings. The average molecular weight is 1200 g/mol. The molecular formula is C38H62AcClN9O12S3. The third-order valence-corrected chi connectivity index (χ3v) is 14.0. The summed E-state index contributed by atoms with van der Waals surface area (Å²) in [5, 5.41) is 28.5. The van der Waals surface area contributed by atoms with Crippen molar-refractivity contribution in [3.63, 3.8) is 0 Å². The van der Waals surface area contributed by atoms with Gasteiger partial charge in [-0.3, -0.25) is 20.2 Å². The third-order valence-electron chi connectivity index (χ3n) is 9.66. The van der Waals surface area contributed by atoms with Gasteiger partial charge in [0, 0.05) is 109 Å². The number of aliphatic hydroxyl groups excluding tert-OH is 1. The van der Waals surface area contributed by atoms with E-state index in [1.165, 1.54) is 68.4 Å². The van der Waals surface area contributed by atoms with E-state index in [2.05, 4.69) is 31.2 Å². The van der Waals surface area contributed by atoms with Gasteiger partial charge in [-0.25, -0.2) is 34.7 Å². The van der Waals surface area contributed by atoms with Crippen LogP contribution in [0.2, 0.25) is 0 Å². The number of hydrogen-bond acceptors (Lipinski definition) is 16. The summed E-state index contributed by atoms with van der Waals surface area (Å²) >= 11 is 0. The molecule has 9 N–H and O–H groups in total. The Labute approximate surface area is 417 Å². The SMILES string of the molecule is CCO.CN1CCC(N)CC1.CN1CCC(NS(=O)(=O)c2cccc(N)c2)CC1.CN1CCC(NS(=O)(=O)c2cccc([N+](=O)[O-])c2)CC1.O.O=[N+]([O-])c1cccc(S(=O)(=O)Cl)c1.[Ac]. The first kappa shape index (κ1) is 61.5. The van der Waals surface area contributed by atoms with Crippen molar-refractivity contribution in [2.24, 2.45) is 5.73 Å². The molecule has 0 aliphatic carbocycles. The number of halogens is 1. The van der Waals surface area contributed by atoms with Gasteiger partial charge in [-0.05, 0) is 136 Å². The molecule has 3 aromatic carbocycles. The topological polar surface area (TPSA) is 326 Å². The number of nitrogens with two attached hydrogens (primary N) is 2. The number of nitrogens with zero attached hydrogens (tertiary/aromatic N) is 5. The van der Waals surface area contributed by atoms with Gasteiger partial charge in [-0.15, -0.1) is 0 Å². The molecule has 3 aliphatic rings. The molecule has 3 aromatic rings. The van der Waals surface area contributed by atoms with E-state index in [1.54, 1.807) is 25.1 Å². The summed E-state index contributed by atoms with van der Waals surface area (Å²) < 4.78 is 75.6. The van der Waals surface area contributed by atoms with Crippen molar-refractivity contribution in [2.75, 3.05) is 72.8 Å². The quantitative estimate of drug-likeness (QED) is 0.0889. The average Bonchev–Trinajstić information content (AvgIpc) is 3.21. The van der Waals surface area contributed by atoms with Gasteiger partial charge in [0.2, 0.25) is 20.0 Å². The van der Waals surface area contributed by atoms with Crippen LogP contribution in [0.15, 0.2) is 87.5 Å². The number of hydrogen-bond donors (Lipinski definition) is 5. The predicted octanol–water partition coefficient (Wildman–Crippen LogP) is 2.34. The minimum Gasteiger partial charge on any atom is -0.412 e. The summed E-state index contributed by atoms with van der Waals surface area (Å²) in [6.45, 7) is 7.81.